The second kappa shape index (κ2) is 6.25. The number of hydrogen-bond acceptors (Lipinski definition) is 4. The Labute approximate surface area is 102 Å². The number of para-hydroxylation sites is 1. The Bertz CT molecular complexity index is 377. The SMILES string of the molecule is COc1ccccc1COC(=O)C(N)C(C)C. The zero-order valence-corrected chi connectivity index (χ0v) is 10.5. The van der Waals surface area contributed by atoms with Crippen LogP contribution in [-0.4, -0.2) is 19.1 Å². The first kappa shape index (κ1) is 13.5. The van der Waals surface area contributed by atoms with Gasteiger partial charge in [0.15, 0.2) is 0 Å². The van der Waals surface area contributed by atoms with Crippen LogP contribution in [0.5, 0.6) is 5.75 Å². The summed E-state index contributed by atoms with van der Waals surface area (Å²) in [5.41, 5.74) is 6.52. The average Bonchev–Trinajstić information content (AvgIpc) is 2.35. The fourth-order valence-corrected chi connectivity index (χ4v) is 1.34. The summed E-state index contributed by atoms with van der Waals surface area (Å²) in [6.45, 7) is 3.95. The molecule has 1 aromatic rings. The normalized spacial score (nSPS) is 12.3. The Morgan fingerprint density at radius 2 is 2.00 bits per heavy atom. The Morgan fingerprint density at radius 1 is 1.35 bits per heavy atom. The van der Waals surface area contributed by atoms with Crippen molar-refractivity contribution in [3.63, 3.8) is 0 Å². The number of hydrogen-bond donors (Lipinski definition) is 1. The molecule has 0 amide bonds. The molecule has 1 unspecified atom stereocenters. The van der Waals surface area contributed by atoms with Gasteiger partial charge in [0.1, 0.15) is 18.4 Å². The highest BCUT2D eigenvalue weighted by Gasteiger charge is 2.19. The number of ether oxygens (including phenoxy) is 2. The summed E-state index contributed by atoms with van der Waals surface area (Å²) in [5, 5.41) is 0. The molecule has 0 saturated carbocycles. The molecule has 1 rings (SSSR count). The van der Waals surface area contributed by atoms with Crippen LogP contribution in [0.25, 0.3) is 0 Å². The molecule has 0 aliphatic carbocycles. The number of esters is 1. The van der Waals surface area contributed by atoms with E-state index in [1.54, 1.807) is 7.11 Å². The molecule has 0 fully saturated rings. The maximum Gasteiger partial charge on any atom is 0.323 e. The summed E-state index contributed by atoms with van der Waals surface area (Å²) < 4.78 is 10.3. The van der Waals surface area contributed by atoms with E-state index in [0.717, 1.165) is 5.56 Å². The topological polar surface area (TPSA) is 61.5 Å². The van der Waals surface area contributed by atoms with Crippen molar-refractivity contribution in [1.29, 1.82) is 0 Å². The van der Waals surface area contributed by atoms with Crippen molar-refractivity contribution in [3.05, 3.63) is 29.8 Å². The first-order chi connectivity index (χ1) is 8.06. The van der Waals surface area contributed by atoms with Gasteiger partial charge in [0, 0.05) is 5.56 Å². The maximum absolute atomic E-state index is 11.6. The Kier molecular flexibility index (Phi) is 4.97. The number of carbonyl (C=O) groups is 1. The molecule has 4 heteroatoms. The van der Waals surface area contributed by atoms with E-state index in [-0.39, 0.29) is 18.5 Å². The summed E-state index contributed by atoms with van der Waals surface area (Å²) in [5.74, 6) is 0.393. The second-order valence-electron chi connectivity index (χ2n) is 4.19. The van der Waals surface area contributed by atoms with Crippen LogP contribution in [0, 0.1) is 5.92 Å². The van der Waals surface area contributed by atoms with Gasteiger partial charge in [0.05, 0.1) is 7.11 Å². The van der Waals surface area contributed by atoms with E-state index in [4.69, 9.17) is 15.2 Å². The Hall–Kier alpha value is -1.55. The third-order valence-electron chi connectivity index (χ3n) is 2.55. The van der Waals surface area contributed by atoms with Crippen molar-refractivity contribution in [2.24, 2.45) is 11.7 Å². The van der Waals surface area contributed by atoms with Gasteiger partial charge in [-0.3, -0.25) is 4.79 Å². The van der Waals surface area contributed by atoms with Crippen LogP contribution in [0.15, 0.2) is 24.3 Å². The van der Waals surface area contributed by atoms with E-state index in [1.807, 2.05) is 38.1 Å². The largest absolute Gasteiger partial charge is 0.496 e. The van der Waals surface area contributed by atoms with Crippen LogP contribution in [-0.2, 0) is 16.1 Å². The second-order valence-corrected chi connectivity index (χ2v) is 4.19. The number of methoxy groups -OCH3 is 1. The highest BCUT2D eigenvalue weighted by molar-refractivity contribution is 5.75. The first-order valence-corrected chi connectivity index (χ1v) is 5.60. The molecule has 0 saturated heterocycles. The van der Waals surface area contributed by atoms with E-state index in [1.165, 1.54) is 0 Å². The van der Waals surface area contributed by atoms with Crippen LogP contribution in [0.2, 0.25) is 0 Å². The van der Waals surface area contributed by atoms with Gasteiger partial charge in [-0.1, -0.05) is 32.0 Å². The zero-order chi connectivity index (χ0) is 12.8. The van der Waals surface area contributed by atoms with E-state index >= 15 is 0 Å². The molecule has 0 spiro atoms. The lowest BCUT2D eigenvalue weighted by Crippen LogP contribution is -2.36. The summed E-state index contributed by atoms with van der Waals surface area (Å²) in [4.78, 5) is 11.6. The van der Waals surface area contributed by atoms with Crippen molar-refractivity contribution < 1.29 is 14.3 Å². The minimum atomic E-state index is -0.579. The molecule has 0 aliphatic rings. The molecule has 0 aliphatic heterocycles. The van der Waals surface area contributed by atoms with Crippen LogP contribution >= 0.6 is 0 Å². The lowest BCUT2D eigenvalue weighted by molar-refractivity contribution is -0.147. The molecule has 1 atom stereocenters. The molecule has 17 heavy (non-hydrogen) atoms. The minimum Gasteiger partial charge on any atom is -0.496 e. The van der Waals surface area contributed by atoms with Crippen molar-refractivity contribution in [1.82, 2.24) is 0 Å². The summed E-state index contributed by atoms with van der Waals surface area (Å²) in [6.07, 6.45) is 0. The molecular weight excluding hydrogens is 218 g/mol. The number of rotatable bonds is 5. The van der Waals surface area contributed by atoms with Gasteiger partial charge in [0.25, 0.3) is 0 Å². The summed E-state index contributed by atoms with van der Waals surface area (Å²) in [7, 11) is 1.58. The number of benzene rings is 1. The summed E-state index contributed by atoms with van der Waals surface area (Å²) >= 11 is 0. The fourth-order valence-electron chi connectivity index (χ4n) is 1.34. The molecule has 0 heterocycles. The lowest BCUT2D eigenvalue weighted by atomic mass is 10.1. The van der Waals surface area contributed by atoms with Crippen LogP contribution < -0.4 is 10.5 Å². The molecule has 0 aromatic heterocycles. The zero-order valence-electron chi connectivity index (χ0n) is 10.5. The molecule has 4 nitrogen and oxygen atoms in total. The molecule has 2 N–H and O–H groups in total. The van der Waals surface area contributed by atoms with Gasteiger partial charge in [-0.15, -0.1) is 0 Å². The van der Waals surface area contributed by atoms with Crippen LogP contribution in [0.4, 0.5) is 0 Å². The summed E-state index contributed by atoms with van der Waals surface area (Å²) in [6, 6.07) is 6.83. The standard InChI is InChI=1S/C13H19NO3/c1-9(2)12(14)13(15)17-8-10-6-4-5-7-11(10)16-3/h4-7,9,12H,8,14H2,1-3H3. The van der Waals surface area contributed by atoms with Gasteiger partial charge < -0.3 is 15.2 Å². The van der Waals surface area contributed by atoms with Crippen molar-refractivity contribution in [2.75, 3.05) is 7.11 Å². The number of carbonyl (C=O) groups excluding carboxylic acids is 1. The van der Waals surface area contributed by atoms with Crippen molar-refractivity contribution in [3.8, 4) is 5.75 Å². The Morgan fingerprint density at radius 3 is 2.59 bits per heavy atom. The molecule has 0 bridgehead atoms. The molecule has 0 radical (unpaired) electrons. The monoisotopic (exact) mass is 237 g/mol. The molecule has 94 valence electrons. The quantitative estimate of drug-likeness (QED) is 0.792. The highest BCUT2D eigenvalue weighted by Crippen LogP contribution is 2.18. The fraction of sp³-hybridized carbons (Fsp3) is 0.462. The third-order valence-corrected chi connectivity index (χ3v) is 2.55. The first-order valence-electron chi connectivity index (χ1n) is 5.60. The van der Waals surface area contributed by atoms with Crippen molar-refractivity contribution >= 4 is 5.97 Å². The predicted octanol–water partition coefficient (Wildman–Crippen LogP) is 1.72. The van der Waals surface area contributed by atoms with Crippen molar-refractivity contribution in [2.45, 2.75) is 26.5 Å². The van der Waals surface area contributed by atoms with E-state index in [0.29, 0.717) is 5.75 Å². The van der Waals surface area contributed by atoms with Crippen LogP contribution in [0.3, 0.4) is 0 Å². The van der Waals surface area contributed by atoms with Gasteiger partial charge >= 0.3 is 5.97 Å². The minimum absolute atomic E-state index is 0.0696. The average molecular weight is 237 g/mol. The highest BCUT2D eigenvalue weighted by atomic mass is 16.5. The van der Waals surface area contributed by atoms with Gasteiger partial charge in [0.2, 0.25) is 0 Å². The third kappa shape index (κ3) is 3.75. The molecule has 1 aromatic carbocycles. The van der Waals surface area contributed by atoms with Gasteiger partial charge in [-0.2, -0.15) is 0 Å². The molecular formula is C13H19NO3. The Balaban J connectivity index is 2.58. The smallest absolute Gasteiger partial charge is 0.323 e. The van der Waals surface area contributed by atoms with Gasteiger partial charge in [-0.05, 0) is 12.0 Å². The van der Waals surface area contributed by atoms with E-state index < -0.39 is 6.04 Å². The lowest BCUT2D eigenvalue weighted by Gasteiger charge is -2.15. The van der Waals surface area contributed by atoms with E-state index in [9.17, 15) is 4.79 Å². The van der Waals surface area contributed by atoms with E-state index in [2.05, 4.69) is 0 Å². The predicted molar refractivity (Wildman–Crippen MR) is 65.6 cm³/mol. The van der Waals surface area contributed by atoms with Gasteiger partial charge in [-0.25, -0.2) is 0 Å². The van der Waals surface area contributed by atoms with Crippen LogP contribution in [0.1, 0.15) is 19.4 Å². The maximum atomic E-state index is 11.6. The number of nitrogens with two attached hydrogens (primary N) is 1.